The predicted octanol–water partition coefficient (Wildman–Crippen LogP) is -1.03. The number of hydrogen-bond acceptors (Lipinski definition) is 1. The minimum Gasteiger partial charge on any atom is -0.461 e. The molecule has 0 saturated carbocycles. The first-order valence-corrected chi connectivity index (χ1v) is 1.96. The van der Waals surface area contributed by atoms with Crippen LogP contribution >= 0.6 is 0 Å². The van der Waals surface area contributed by atoms with Crippen molar-refractivity contribution >= 4 is 7.98 Å². The molecule has 0 bridgehead atoms. The minimum absolute atomic E-state index is 0.218. The van der Waals surface area contributed by atoms with Crippen molar-refractivity contribution in [1.82, 2.24) is 0 Å². The molecule has 0 aromatic carbocycles. The van der Waals surface area contributed by atoms with E-state index in [4.69, 9.17) is 12.8 Å². The molecule has 0 fully saturated rings. The molecule has 0 saturated heterocycles. The zero-order chi connectivity index (χ0) is 4.99. The predicted molar refractivity (Wildman–Crippen MR) is 23.9 cm³/mol. The molecule has 2 nitrogen and oxygen atoms in total. The molecular formula is C3H9BNO. The van der Waals surface area contributed by atoms with Gasteiger partial charge >= 0.3 is 0 Å². The van der Waals surface area contributed by atoms with Gasteiger partial charge in [0.05, 0.1) is 0 Å². The van der Waals surface area contributed by atoms with Crippen LogP contribution in [0.1, 0.15) is 13.8 Å². The highest BCUT2D eigenvalue weighted by Crippen LogP contribution is 1.73. The van der Waals surface area contributed by atoms with Gasteiger partial charge in [0.25, 0.3) is 0 Å². The third kappa shape index (κ3) is 3.98. The summed E-state index contributed by atoms with van der Waals surface area (Å²) in [5, 5.41) is 1.20. The summed E-state index contributed by atoms with van der Waals surface area (Å²) in [5.41, 5.74) is 0. The van der Waals surface area contributed by atoms with Crippen LogP contribution in [0.4, 0.5) is 0 Å². The summed E-state index contributed by atoms with van der Waals surface area (Å²) in [6, 6.07) is 0. The Bertz CT molecular complexity index is 32.0. The Labute approximate surface area is 39.3 Å². The van der Waals surface area contributed by atoms with Crippen molar-refractivity contribution in [2.24, 2.45) is 0 Å². The standard InChI is InChI=1S/C3H9BNO/c1-3(2)6-5-4/h3H,5H2,1-2H3. The fourth-order valence-electron chi connectivity index (χ4n) is 0.157. The van der Waals surface area contributed by atoms with Gasteiger partial charge in [-0.1, -0.05) is 0 Å². The molecule has 6 heavy (non-hydrogen) atoms. The van der Waals surface area contributed by atoms with Crippen LogP contribution in [-0.4, -0.2) is 14.1 Å². The first-order valence-electron chi connectivity index (χ1n) is 1.96. The van der Waals surface area contributed by atoms with Gasteiger partial charge in [-0.3, -0.25) is 4.84 Å². The van der Waals surface area contributed by atoms with Crippen molar-refractivity contribution in [3.63, 3.8) is 0 Å². The average Bonchev–Trinajstić information content (AvgIpc) is 1.35. The molecule has 0 rings (SSSR count). The lowest BCUT2D eigenvalue weighted by Crippen LogP contribution is -2.81. The fraction of sp³-hybridized carbons (Fsp3) is 1.00. The van der Waals surface area contributed by atoms with E-state index < -0.39 is 0 Å². The first-order chi connectivity index (χ1) is 2.77. The Morgan fingerprint density at radius 1 is 1.67 bits per heavy atom. The van der Waals surface area contributed by atoms with Crippen molar-refractivity contribution in [2.75, 3.05) is 0 Å². The topological polar surface area (TPSA) is 25.8 Å². The van der Waals surface area contributed by atoms with E-state index in [0.717, 1.165) is 0 Å². The van der Waals surface area contributed by atoms with E-state index in [1.54, 1.807) is 0 Å². The van der Waals surface area contributed by atoms with E-state index >= 15 is 0 Å². The Morgan fingerprint density at radius 2 is 2.17 bits per heavy atom. The van der Waals surface area contributed by atoms with Gasteiger partial charge in [-0.2, -0.15) is 7.98 Å². The van der Waals surface area contributed by atoms with Crippen LogP contribution in [0.25, 0.3) is 0 Å². The lowest BCUT2D eigenvalue weighted by Gasteiger charge is -2.05. The second-order valence-electron chi connectivity index (χ2n) is 1.32. The van der Waals surface area contributed by atoms with Gasteiger partial charge in [0.2, 0.25) is 0 Å². The van der Waals surface area contributed by atoms with Crippen LogP contribution in [0.2, 0.25) is 0 Å². The molecule has 0 aliphatic rings. The van der Waals surface area contributed by atoms with Crippen molar-refractivity contribution in [3.05, 3.63) is 0 Å². The molecule has 0 amide bonds. The van der Waals surface area contributed by atoms with Crippen LogP contribution in [0, 0.1) is 0 Å². The van der Waals surface area contributed by atoms with Crippen LogP contribution in [-0.2, 0) is 4.84 Å². The summed E-state index contributed by atoms with van der Waals surface area (Å²) in [6.45, 7) is 3.84. The average molecular weight is 85.9 g/mol. The Balaban J connectivity index is 2.63. The SMILES string of the molecule is [B-][NH2+]OC(C)C. The van der Waals surface area contributed by atoms with E-state index in [2.05, 4.69) is 0 Å². The Kier molecular flexibility index (Phi) is 3.18. The highest BCUT2D eigenvalue weighted by Gasteiger charge is 1.83. The fourth-order valence-corrected chi connectivity index (χ4v) is 0.157. The summed E-state index contributed by atoms with van der Waals surface area (Å²) < 4.78 is 0. The second-order valence-corrected chi connectivity index (χ2v) is 1.32. The summed E-state index contributed by atoms with van der Waals surface area (Å²) >= 11 is 0. The van der Waals surface area contributed by atoms with E-state index in [1.165, 1.54) is 5.39 Å². The molecule has 3 heteroatoms. The Morgan fingerprint density at radius 3 is 2.17 bits per heavy atom. The lowest BCUT2D eigenvalue weighted by atomic mass is 10.5. The van der Waals surface area contributed by atoms with Gasteiger partial charge < -0.3 is 5.39 Å². The second kappa shape index (κ2) is 3.19. The van der Waals surface area contributed by atoms with Gasteiger partial charge in [-0.15, -0.1) is 0 Å². The quantitative estimate of drug-likeness (QED) is 0.337. The largest absolute Gasteiger partial charge is 0.461 e. The maximum Gasteiger partial charge on any atom is 0.105 e. The number of rotatable bonds is 2. The van der Waals surface area contributed by atoms with E-state index in [-0.39, 0.29) is 6.10 Å². The van der Waals surface area contributed by atoms with E-state index in [0.29, 0.717) is 0 Å². The molecule has 0 unspecified atom stereocenters. The molecule has 0 aliphatic carbocycles. The molecule has 2 N–H and O–H groups in total. The van der Waals surface area contributed by atoms with Crippen molar-refractivity contribution in [1.29, 1.82) is 0 Å². The van der Waals surface area contributed by atoms with Crippen molar-refractivity contribution in [2.45, 2.75) is 20.0 Å². The van der Waals surface area contributed by atoms with Crippen LogP contribution < -0.4 is 5.39 Å². The normalized spacial score (nSPS) is 10.0. The van der Waals surface area contributed by atoms with Crippen LogP contribution in [0.3, 0.4) is 0 Å². The maximum atomic E-state index is 4.88. The lowest BCUT2D eigenvalue weighted by molar-refractivity contribution is -0.800. The smallest absolute Gasteiger partial charge is 0.105 e. The zero-order valence-electron chi connectivity index (χ0n) is 4.14. The molecule has 0 aliphatic heterocycles. The number of hydrogen-bond donors (Lipinski definition) is 1. The summed E-state index contributed by atoms with van der Waals surface area (Å²) in [7, 11) is 4.88. The zero-order valence-corrected chi connectivity index (χ0v) is 4.14. The van der Waals surface area contributed by atoms with E-state index in [9.17, 15) is 0 Å². The van der Waals surface area contributed by atoms with Crippen molar-refractivity contribution in [3.8, 4) is 0 Å². The summed E-state index contributed by atoms with van der Waals surface area (Å²) in [5.74, 6) is 0. The van der Waals surface area contributed by atoms with Gasteiger partial charge in [-0.05, 0) is 13.8 Å². The van der Waals surface area contributed by atoms with Crippen LogP contribution in [0.5, 0.6) is 0 Å². The molecule has 3 radical (unpaired) electrons. The number of nitrogens with two attached hydrogens (primary N) is 1. The number of quaternary nitrogens is 1. The monoisotopic (exact) mass is 86.1 g/mol. The summed E-state index contributed by atoms with van der Waals surface area (Å²) in [4.78, 5) is 4.69. The van der Waals surface area contributed by atoms with Gasteiger partial charge in [-0.25, -0.2) is 0 Å². The molecule has 35 valence electrons. The molecule has 0 aromatic rings. The van der Waals surface area contributed by atoms with Crippen LogP contribution in [0.15, 0.2) is 0 Å². The van der Waals surface area contributed by atoms with E-state index in [1.807, 2.05) is 13.8 Å². The molecule has 0 atom stereocenters. The first kappa shape index (κ1) is 5.98. The third-order valence-corrected chi connectivity index (χ3v) is 0.351. The third-order valence-electron chi connectivity index (χ3n) is 0.351. The highest BCUT2D eigenvalue weighted by atomic mass is 16.6. The van der Waals surface area contributed by atoms with Gasteiger partial charge in [0.15, 0.2) is 0 Å². The minimum atomic E-state index is 0.218. The van der Waals surface area contributed by atoms with Gasteiger partial charge in [0, 0.05) is 0 Å². The maximum absolute atomic E-state index is 4.88. The molecule has 0 spiro atoms. The van der Waals surface area contributed by atoms with Gasteiger partial charge in [0.1, 0.15) is 6.10 Å². The Hall–Kier alpha value is -0.0151. The molecule has 0 aromatic heterocycles. The summed E-state index contributed by atoms with van der Waals surface area (Å²) in [6.07, 6.45) is 0.218. The molecule has 0 heterocycles. The molecular weight excluding hydrogens is 76.9 g/mol. The highest BCUT2D eigenvalue weighted by molar-refractivity contribution is 5.93. The van der Waals surface area contributed by atoms with Crippen molar-refractivity contribution < 1.29 is 10.2 Å².